The smallest absolute Gasteiger partial charge is 0.320 e. The van der Waals surface area contributed by atoms with Crippen LogP contribution in [0.25, 0.3) is 0 Å². The van der Waals surface area contributed by atoms with E-state index in [4.69, 9.17) is 5.11 Å². The van der Waals surface area contributed by atoms with Crippen molar-refractivity contribution in [2.24, 2.45) is 17.8 Å². The van der Waals surface area contributed by atoms with Gasteiger partial charge < -0.3 is 14.9 Å². The number of carbonyl (C=O) groups excluding carboxylic acids is 1. The quantitative estimate of drug-likeness (QED) is 0.820. The van der Waals surface area contributed by atoms with E-state index < -0.39 is 5.97 Å². The third-order valence-corrected chi connectivity index (χ3v) is 4.27. The lowest BCUT2D eigenvalue weighted by Gasteiger charge is -2.38. The van der Waals surface area contributed by atoms with Crippen LogP contribution in [0.2, 0.25) is 0 Å². The number of aliphatic carboxylic acids is 1. The molecule has 2 amide bonds. The van der Waals surface area contributed by atoms with Crippen LogP contribution in [0.1, 0.15) is 47.0 Å². The number of carbonyl (C=O) groups is 2. The number of amides is 2. The molecule has 0 bridgehead atoms. The summed E-state index contributed by atoms with van der Waals surface area (Å²) in [4.78, 5) is 27.3. The molecule has 5 heteroatoms. The molecule has 1 fully saturated rings. The van der Waals surface area contributed by atoms with E-state index in [1.165, 1.54) is 0 Å². The summed E-state index contributed by atoms with van der Waals surface area (Å²) >= 11 is 0. The van der Waals surface area contributed by atoms with Crippen LogP contribution in [0.3, 0.4) is 0 Å². The molecule has 0 radical (unpaired) electrons. The van der Waals surface area contributed by atoms with Crippen LogP contribution in [0.5, 0.6) is 0 Å². The Morgan fingerprint density at radius 2 is 2.00 bits per heavy atom. The second kappa shape index (κ2) is 8.25. The molecule has 1 aliphatic rings. The first-order valence-electron chi connectivity index (χ1n) is 8.10. The van der Waals surface area contributed by atoms with Crippen LogP contribution in [0.4, 0.5) is 4.79 Å². The summed E-state index contributed by atoms with van der Waals surface area (Å²) < 4.78 is 0. The standard InChI is InChI=1S/C16H30N2O3/c1-5-17(10-12(2)3)16(21)18-8-6-7-14(11-18)13(4)9-15(19)20/h12-14H,5-11H2,1-4H3,(H,19,20). The molecule has 1 heterocycles. The second-order valence-electron chi connectivity index (χ2n) is 6.64. The van der Waals surface area contributed by atoms with Gasteiger partial charge in [-0.1, -0.05) is 20.8 Å². The van der Waals surface area contributed by atoms with E-state index in [0.717, 1.165) is 32.5 Å². The number of piperidine rings is 1. The average molecular weight is 298 g/mol. The Kier molecular flexibility index (Phi) is 6.99. The molecule has 0 aliphatic carbocycles. The maximum absolute atomic E-state index is 12.6. The van der Waals surface area contributed by atoms with Crippen LogP contribution in [0, 0.1) is 17.8 Å². The van der Waals surface area contributed by atoms with Crippen molar-refractivity contribution in [2.75, 3.05) is 26.2 Å². The Morgan fingerprint density at radius 3 is 2.52 bits per heavy atom. The summed E-state index contributed by atoms with van der Waals surface area (Å²) in [5.74, 6) is 0.135. The largest absolute Gasteiger partial charge is 0.481 e. The van der Waals surface area contributed by atoms with E-state index in [-0.39, 0.29) is 18.4 Å². The Bertz CT molecular complexity index is 357. The lowest BCUT2D eigenvalue weighted by molar-refractivity contribution is -0.138. The monoisotopic (exact) mass is 298 g/mol. The van der Waals surface area contributed by atoms with E-state index in [9.17, 15) is 9.59 Å². The fourth-order valence-corrected chi connectivity index (χ4v) is 3.07. The lowest BCUT2D eigenvalue weighted by atomic mass is 9.85. The van der Waals surface area contributed by atoms with Gasteiger partial charge in [-0.15, -0.1) is 0 Å². The summed E-state index contributed by atoms with van der Waals surface area (Å²) in [6.45, 7) is 11.2. The lowest BCUT2D eigenvalue weighted by Crippen LogP contribution is -2.49. The minimum Gasteiger partial charge on any atom is -0.481 e. The molecule has 2 unspecified atom stereocenters. The molecule has 21 heavy (non-hydrogen) atoms. The fourth-order valence-electron chi connectivity index (χ4n) is 3.07. The zero-order valence-corrected chi connectivity index (χ0v) is 13.8. The third kappa shape index (κ3) is 5.56. The highest BCUT2D eigenvalue weighted by Gasteiger charge is 2.30. The van der Waals surface area contributed by atoms with Gasteiger partial charge in [-0.2, -0.15) is 0 Å². The molecule has 1 saturated heterocycles. The van der Waals surface area contributed by atoms with Gasteiger partial charge in [0.2, 0.25) is 0 Å². The maximum Gasteiger partial charge on any atom is 0.320 e. The third-order valence-electron chi connectivity index (χ3n) is 4.27. The Balaban J connectivity index is 2.62. The van der Waals surface area contributed by atoms with Gasteiger partial charge in [-0.05, 0) is 37.5 Å². The molecule has 122 valence electrons. The summed E-state index contributed by atoms with van der Waals surface area (Å²) in [5, 5.41) is 8.93. The molecule has 0 aromatic carbocycles. The molecular weight excluding hydrogens is 268 g/mol. The first-order valence-corrected chi connectivity index (χ1v) is 8.10. The topological polar surface area (TPSA) is 60.9 Å². The molecule has 0 saturated carbocycles. The molecule has 1 aliphatic heterocycles. The highest BCUT2D eigenvalue weighted by atomic mass is 16.4. The SMILES string of the molecule is CCN(CC(C)C)C(=O)N1CCCC(C(C)CC(=O)O)C1. The minimum atomic E-state index is -0.749. The first kappa shape index (κ1) is 17.8. The van der Waals surface area contributed by atoms with Crippen molar-refractivity contribution in [3.05, 3.63) is 0 Å². The number of urea groups is 1. The molecule has 5 nitrogen and oxygen atoms in total. The van der Waals surface area contributed by atoms with Crippen molar-refractivity contribution in [3.8, 4) is 0 Å². The summed E-state index contributed by atoms with van der Waals surface area (Å²) in [5.41, 5.74) is 0. The van der Waals surface area contributed by atoms with E-state index in [2.05, 4.69) is 13.8 Å². The number of nitrogens with zero attached hydrogens (tertiary/aromatic N) is 2. The highest BCUT2D eigenvalue weighted by molar-refractivity contribution is 5.74. The summed E-state index contributed by atoms with van der Waals surface area (Å²) in [6.07, 6.45) is 2.18. The normalized spacial score (nSPS) is 20.4. The minimum absolute atomic E-state index is 0.110. The zero-order chi connectivity index (χ0) is 16.0. The second-order valence-corrected chi connectivity index (χ2v) is 6.64. The number of hydrogen-bond donors (Lipinski definition) is 1. The van der Waals surface area contributed by atoms with Crippen molar-refractivity contribution in [1.82, 2.24) is 9.80 Å². The fraction of sp³-hybridized carbons (Fsp3) is 0.875. The molecular formula is C16H30N2O3. The van der Waals surface area contributed by atoms with Crippen molar-refractivity contribution < 1.29 is 14.7 Å². The molecule has 0 aromatic heterocycles. The first-order chi connectivity index (χ1) is 9.85. The maximum atomic E-state index is 12.6. The predicted molar refractivity (Wildman–Crippen MR) is 83.2 cm³/mol. The van der Waals surface area contributed by atoms with E-state index in [1.807, 2.05) is 23.6 Å². The van der Waals surface area contributed by atoms with Crippen LogP contribution in [0.15, 0.2) is 0 Å². The van der Waals surface area contributed by atoms with Crippen molar-refractivity contribution >= 4 is 12.0 Å². The molecule has 1 rings (SSSR count). The summed E-state index contributed by atoms with van der Waals surface area (Å²) in [6, 6.07) is 0.110. The van der Waals surface area contributed by atoms with Gasteiger partial charge in [0.1, 0.15) is 0 Å². The van der Waals surface area contributed by atoms with E-state index >= 15 is 0 Å². The molecule has 0 spiro atoms. The van der Waals surface area contributed by atoms with Gasteiger partial charge >= 0.3 is 12.0 Å². The Morgan fingerprint density at radius 1 is 1.33 bits per heavy atom. The van der Waals surface area contributed by atoms with Crippen molar-refractivity contribution in [3.63, 3.8) is 0 Å². The van der Waals surface area contributed by atoms with Crippen molar-refractivity contribution in [1.29, 1.82) is 0 Å². The van der Waals surface area contributed by atoms with Crippen LogP contribution in [-0.2, 0) is 4.79 Å². The van der Waals surface area contributed by atoms with Crippen LogP contribution < -0.4 is 0 Å². The van der Waals surface area contributed by atoms with Gasteiger partial charge in [-0.25, -0.2) is 4.79 Å². The highest BCUT2D eigenvalue weighted by Crippen LogP contribution is 2.26. The summed E-state index contributed by atoms with van der Waals surface area (Å²) in [7, 11) is 0. The number of rotatable bonds is 6. The van der Waals surface area contributed by atoms with Gasteiger partial charge in [0, 0.05) is 32.6 Å². The van der Waals surface area contributed by atoms with Gasteiger partial charge in [-0.3, -0.25) is 4.79 Å². The van der Waals surface area contributed by atoms with Gasteiger partial charge in [0.25, 0.3) is 0 Å². The number of carboxylic acids is 1. The zero-order valence-electron chi connectivity index (χ0n) is 13.8. The predicted octanol–water partition coefficient (Wildman–Crippen LogP) is 2.91. The number of hydrogen-bond acceptors (Lipinski definition) is 2. The van der Waals surface area contributed by atoms with Crippen molar-refractivity contribution in [2.45, 2.75) is 47.0 Å². The van der Waals surface area contributed by atoms with E-state index in [1.54, 1.807) is 0 Å². The van der Waals surface area contributed by atoms with Crippen LogP contribution in [-0.4, -0.2) is 53.1 Å². The average Bonchev–Trinajstić information content (AvgIpc) is 2.43. The van der Waals surface area contributed by atoms with Crippen LogP contribution >= 0.6 is 0 Å². The Hall–Kier alpha value is -1.26. The number of likely N-dealkylation sites (tertiary alicyclic amines) is 1. The Labute approximate surface area is 128 Å². The molecule has 1 N–H and O–H groups in total. The van der Waals surface area contributed by atoms with E-state index in [0.29, 0.717) is 18.4 Å². The molecule has 0 aromatic rings. The van der Waals surface area contributed by atoms with Gasteiger partial charge in [0.15, 0.2) is 0 Å². The van der Waals surface area contributed by atoms with Gasteiger partial charge in [0.05, 0.1) is 0 Å². The molecule has 2 atom stereocenters. The number of carboxylic acid groups (broad SMARTS) is 1.